The van der Waals surface area contributed by atoms with Gasteiger partial charge < -0.3 is 10.9 Å². The van der Waals surface area contributed by atoms with E-state index in [2.05, 4.69) is 26.1 Å². The van der Waals surface area contributed by atoms with Crippen molar-refractivity contribution in [1.29, 1.82) is 0 Å². The fourth-order valence-corrected chi connectivity index (χ4v) is 1.44. The summed E-state index contributed by atoms with van der Waals surface area (Å²) in [5.74, 6) is 0.194. The highest BCUT2D eigenvalue weighted by atomic mass is 79.9. The summed E-state index contributed by atoms with van der Waals surface area (Å²) in [6, 6.07) is 3.74. The summed E-state index contributed by atoms with van der Waals surface area (Å²) in [5, 5.41) is 11.6. The molecule has 0 aliphatic carbocycles. The van der Waals surface area contributed by atoms with Gasteiger partial charge in [-0.15, -0.1) is 0 Å². The van der Waals surface area contributed by atoms with Crippen molar-refractivity contribution in [3.8, 4) is 0 Å². The van der Waals surface area contributed by atoms with Gasteiger partial charge in [-0.2, -0.15) is 0 Å². The molecular weight excluding hydrogens is 272 g/mol. The van der Waals surface area contributed by atoms with E-state index in [9.17, 15) is 0 Å². The average Bonchev–Trinajstić information content (AvgIpc) is 2.30. The average molecular weight is 287 g/mol. The van der Waals surface area contributed by atoms with Gasteiger partial charge in [0.15, 0.2) is 5.84 Å². The highest BCUT2D eigenvalue weighted by Gasteiger charge is 2.14. The molecule has 88 valence electrons. The number of halogens is 1. The van der Waals surface area contributed by atoms with Crippen LogP contribution < -0.4 is 5.73 Å². The molecule has 0 bridgehead atoms. The lowest BCUT2D eigenvalue weighted by molar-refractivity contribution is 0.277. The Morgan fingerprint density at radius 1 is 1.69 bits per heavy atom. The van der Waals surface area contributed by atoms with E-state index in [1.807, 2.05) is 31.0 Å². The zero-order chi connectivity index (χ0) is 12.1. The van der Waals surface area contributed by atoms with Crippen LogP contribution in [0.15, 0.2) is 28.0 Å². The Hall–Kier alpha value is -1.14. The molecule has 0 aromatic carbocycles. The van der Waals surface area contributed by atoms with Crippen molar-refractivity contribution in [3.63, 3.8) is 0 Å². The van der Waals surface area contributed by atoms with Gasteiger partial charge in [0.2, 0.25) is 0 Å². The third-order valence-corrected chi connectivity index (χ3v) is 2.87. The largest absolute Gasteiger partial charge is 0.409 e. The van der Waals surface area contributed by atoms with E-state index >= 15 is 0 Å². The molecule has 1 unspecified atom stereocenters. The molecule has 0 saturated carbocycles. The van der Waals surface area contributed by atoms with Crippen LogP contribution in [0, 0.1) is 0 Å². The Kier molecular flexibility index (Phi) is 4.70. The Bertz CT molecular complexity index is 366. The summed E-state index contributed by atoms with van der Waals surface area (Å²) in [7, 11) is 1.90. The summed E-state index contributed by atoms with van der Waals surface area (Å²) in [4.78, 5) is 6.20. The summed E-state index contributed by atoms with van der Waals surface area (Å²) in [6.45, 7) is 2.51. The quantitative estimate of drug-likeness (QED) is 0.380. The van der Waals surface area contributed by atoms with Gasteiger partial charge in [-0.05, 0) is 42.0 Å². The van der Waals surface area contributed by atoms with Crippen molar-refractivity contribution in [2.75, 3.05) is 7.05 Å². The van der Waals surface area contributed by atoms with Crippen LogP contribution in [0.2, 0.25) is 0 Å². The maximum Gasteiger partial charge on any atom is 0.156 e. The lowest BCUT2D eigenvalue weighted by Gasteiger charge is -2.22. The van der Waals surface area contributed by atoms with Gasteiger partial charge >= 0.3 is 0 Å². The third kappa shape index (κ3) is 3.46. The fourth-order valence-electron chi connectivity index (χ4n) is 1.20. The van der Waals surface area contributed by atoms with Crippen LogP contribution in [0.3, 0.4) is 0 Å². The molecule has 1 atom stereocenters. The number of oxime groups is 1. The van der Waals surface area contributed by atoms with Crippen LogP contribution in [-0.2, 0) is 6.54 Å². The van der Waals surface area contributed by atoms with Crippen LogP contribution in [0.25, 0.3) is 0 Å². The third-order valence-electron chi connectivity index (χ3n) is 2.40. The van der Waals surface area contributed by atoms with E-state index in [-0.39, 0.29) is 11.9 Å². The molecule has 1 heterocycles. The van der Waals surface area contributed by atoms with E-state index < -0.39 is 0 Å². The van der Waals surface area contributed by atoms with Gasteiger partial charge in [0.05, 0.1) is 11.7 Å². The van der Waals surface area contributed by atoms with Crippen LogP contribution in [-0.4, -0.2) is 34.0 Å². The molecule has 0 spiro atoms. The summed E-state index contributed by atoms with van der Waals surface area (Å²) in [5.41, 5.74) is 6.46. The van der Waals surface area contributed by atoms with Gasteiger partial charge in [-0.3, -0.25) is 9.88 Å². The minimum absolute atomic E-state index is 0.129. The van der Waals surface area contributed by atoms with E-state index in [1.54, 1.807) is 6.20 Å². The Morgan fingerprint density at radius 3 is 2.88 bits per heavy atom. The number of rotatable bonds is 4. The molecule has 0 radical (unpaired) electrons. The molecule has 1 aromatic heterocycles. The Labute approximate surface area is 103 Å². The van der Waals surface area contributed by atoms with E-state index in [0.29, 0.717) is 6.54 Å². The van der Waals surface area contributed by atoms with Crippen molar-refractivity contribution in [3.05, 3.63) is 28.5 Å². The molecule has 0 aliphatic rings. The topological polar surface area (TPSA) is 74.7 Å². The second-order valence-electron chi connectivity index (χ2n) is 3.58. The van der Waals surface area contributed by atoms with E-state index in [4.69, 9.17) is 10.9 Å². The zero-order valence-electron chi connectivity index (χ0n) is 9.26. The first-order chi connectivity index (χ1) is 7.54. The number of likely N-dealkylation sites (N-methyl/N-ethyl adjacent to an activating group) is 1. The fraction of sp³-hybridized carbons (Fsp3) is 0.400. The first-order valence-electron chi connectivity index (χ1n) is 4.82. The highest BCUT2D eigenvalue weighted by molar-refractivity contribution is 9.10. The first kappa shape index (κ1) is 12.9. The molecule has 16 heavy (non-hydrogen) atoms. The summed E-state index contributed by atoms with van der Waals surface area (Å²) >= 11 is 3.33. The van der Waals surface area contributed by atoms with Gasteiger partial charge in [0.25, 0.3) is 0 Å². The molecule has 1 aromatic rings. The van der Waals surface area contributed by atoms with Crippen LogP contribution >= 0.6 is 15.9 Å². The zero-order valence-corrected chi connectivity index (χ0v) is 10.8. The van der Waals surface area contributed by atoms with Crippen LogP contribution in [0.4, 0.5) is 0 Å². The SMILES string of the molecule is CC(/C(N)=N/O)N(C)Cc1ccc(Br)cn1. The van der Waals surface area contributed by atoms with E-state index in [0.717, 1.165) is 10.2 Å². The summed E-state index contributed by atoms with van der Waals surface area (Å²) < 4.78 is 0.948. The maximum absolute atomic E-state index is 8.57. The van der Waals surface area contributed by atoms with Gasteiger partial charge in [0.1, 0.15) is 0 Å². The van der Waals surface area contributed by atoms with Crippen LogP contribution in [0.5, 0.6) is 0 Å². The molecule has 6 heteroatoms. The number of pyridine rings is 1. The van der Waals surface area contributed by atoms with Gasteiger partial charge in [-0.1, -0.05) is 5.16 Å². The standard InChI is InChI=1S/C10H15BrN4O/c1-7(10(12)14-16)15(2)6-9-4-3-8(11)5-13-9/h3-5,7,16H,6H2,1-2H3,(H2,12,14). The van der Waals surface area contributed by atoms with Crippen molar-refractivity contribution in [2.45, 2.75) is 19.5 Å². The van der Waals surface area contributed by atoms with Crippen LogP contribution in [0.1, 0.15) is 12.6 Å². The number of amidine groups is 1. The molecule has 5 nitrogen and oxygen atoms in total. The predicted molar refractivity (Wildman–Crippen MR) is 66.3 cm³/mol. The molecule has 0 saturated heterocycles. The normalized spacial score (nSPS) is 14.1. The van der Waals surface area contributed by atoms with Crippen molar-refractivity contribution < 1.29 is 5.21 Å². The van der Waals surface area contributed by atoms with Crippen molar-refractivity contribution in [1.82, 2.24) is 9.88 Å². The maximum atomic E-state index is 8.57. The molecule has 0 fully saturated rings. The number of hydrogen-bond donors (Lipinski definition) is 2. The molecule has 0 aliphatic heterocycles. The summed E-state index contributed by atoms with van der Waals surface area (Å²) in [6.07, 6.45) is 1.75. The van der Waals surface area contributed by atoms with Crippen molar-refractivity contribution in [2.24, 2.45) is 10.9 Å². The monoisotopic (exact) mass is 286 g/mol. The van der Waals surface area contributed by atoms with Crippen molar-refractivity contribution >= 4 is 21.8 Å². The minimum atomic E-state index is -0.129. The molecular formula is C10H15BrN4O. The number of aromatic nitrogens is 1. The number of nitrogens with two attached hydrogens (primary N) is 1. The first-order valence-corrected chi connectivity index (χ1v) is 5.62. The molecule has 3 N–H and O–H groups in total. The highest BCUT2D eigenvalue weighted by Crippen LogP contribution is 2.09. The second kappa shape index (κ2) is 5.81. The van der Waals surface area contributed by atoms with Gasteiger partial charge in [0, 0.05) is 17.2 Å². The van der Waals surface area contributed by atoms with E-state index in [1.165, 1.54) is 0 Å². The Morgan fingerprint density at radius 2 is 2.38 bits per heavy atom. The van der Waals surface area contributed by atoms with Gasteiger partial charge in [-0.25, -0.2) is 0 Å². The smallest absolute Gasteiger partial charge is 0.156 e. The number of hydrogen-bond acceptors (Lipinski definition) is 4. The Balaban J connectivity index is 2.64. The second-order valence-corrected chi connectivity index (χ2v) is 4.50. The minimum Gasteiger partial charge on any atom is -0.409 e. The molecule has 0 amide bonds. The number of nitrogens with zero attached hydrogens (tertiary/aromatic N) is 3. The lowest BCUT2D eigenvalue weighted by Crippen LogP contribution is -2.40. The lowest BCUT2D eigenvalue weighted by atomic mass is 10.2. The molecule has 1 rings (SSSR count). The predicted octanol–water partition coefficient (Wildman–Crippen LogP) is 1.41.